The van der Waals surface area contributed by atoms with Crippen LogP contribution in [0.3, 0.4) is 0 Å². The Morgan fingerprint density at radius 2 is 1.26 bits per heavy atom. The minimum absolute atomic E-state index is 0.175. The first kappa shape index (κ1) is 28.3. The third-order valence-electron chi connectivity index (χ3n) is 5.89. The molecule has 1 rings (SSSR count). The third kappa shape index (κ3) is 12.2. The van der Waals surface area contributed by atoms with Gasteiger partial charge in [0.2, 0.25) is 0 Å². The zero-order chi connectivity index (χ0) is 22.9. The number of aliphatic hydroxyl groups excluding tert-OH is 3. The number of aliphatic hydroxyl groups is 3. The molecule has 1 aliphatic rings. The van der Waals surface area contributed by atoms with Crippen LogP contribution in [0.2, 0.25) is 0 Å². The van der Waals surface area contributed by atoms with Crippen LogP contribution < -0.4 is 0 Å². The van der Waals surface area contributed by atoms with Crippen molar-refractivity contribution in [3.05, 3.63) is 0 Å². The highest BCUT2D eigenvalue weighted by molar-refractivity contribution is 5.69. The van der Waals surface area contributed by atoms with E-state index in [-0.39, 0.29) is 19.2 Å². The molecule has 3 N–H and O–H groups in total. The molecule has 0 saturated carbocycles. The molecule has 0 unspecified atom stereocenters. The average molecular weight is 447 g/mol. The molecule has 1 fully saturated rings. The lowest BCUT2D eigenvalue weighted by Crippen LogP contribution is -2.59. The number of ether oxygens (including phenoxy) is 3. The minimum atomic E-state index is -1.41. The summed E-state index contributed by atoms with van der Waals surface area (Å²) in [7, 11) is 0. The average Bonchev–Trinajstić information content (AvgIpc) is 2.76. The molecule has 31 heavy (non-hydrogen) atoms. The number of esters is 1. The van der Waals surface area contributed by atoms with E-state index in [4.69, 9.17) is 14.2 Å². The summed E-state index contributed by atoms with van der Waals surface area (Å²) in [5.41, 5.74) is 0. The summed E-state index contributed by atoms with van der Waals surface area (Å²) in [4.78, 5) is 11.9. The minimum Gasteiger partial charge on any atom is -0.463 e. The lowest BCUT2D eigenvalue weighted by Gasteiger charge is -2.39. The second-order valence-corrected chi connectivity index (χ2v) is 8.65. The van der Waals surface area contributed by atoms with Crippen LogP contribution in [0.15, 0.2) is 0 Å². The van der Waals surface area contributed by atoms with Crippen LogP contribution in [0, 0.1) is 0 Å². The summed E-state index contributed by atoms with van der Waals surface area (Å²) < 4.78 is 15.9. The van der Waals surface area contributed by atoms with E-state index in [2.05, 4.69) is 6.92 Å². The van der Waals surface area contributed by atoms with Gasteiger partial charge >= 0.3 is 5.97 Å². The van der Waals surface area contributed by atoms with E-state index in [9.17, 15) is 20.1 Å². The molecule has 0 aliphatic carbocycles. The van der Waals surface area contributed by atoms with Crippen LogP contribution in [-0.4, -0.2) is 65.2 Å². The van der Waals surface area contributed by atoms with Gasteiger partial charge in [0, 0.05) is 13.0 Å². The molecule has 0 amide bonds. The first-order valence-corrected chi connectivity index (χ1v) is 12.5. The van der Waals surface area contributed by atoms with Gasteiger partial charge in [0.25, 0.3) is 0 Å². The Bertz CT molecular complexity index is 446. The molecule has 0 spiro atoms. The van der Waals surface area contributed by atoms with E-state index in [1.54, 1.807) is 6.92 Å². The van der Waals surface area contributed by atoms with Crippen LogP contribution in [-0.2, 0) is 19.0 Å². The summed E-state index contributed by atoms with van der Waals surface area (Å²) in [5.74, 6) is -0.340. The largest absolute Gasteiger partial charge is 0.463 e. The lowest BCUT2D eigenvalue weighted by molar-refractivity contribution is -0.300. The molecule has 0 bridgehead atoms. The van der Waals surface area contributed by atoms with Crippen LogP contribution in [0.5, 0.6) is 0 Å². The van der Waals surface area contributed by atoms with Gasteiger partial charge in [-0.15, -0.1) is 0 Å². The van der Waals surface area contributed by atoms with Crippen LogP contribution >= 0.6 is 0 Å². The second-order valence-electron chi connectivity index (χ2n) is 8.65. The number of hydrogen-bond donors (Lipinski definition) is 3. The molecule has 7 heteroatoms. The quantitative estimate of drug-likeness (QED) is 0.217. The van der Waals surface area contributed by atoms with Crippen molar-refractivity contribution < 1.29 is 34.3 Å². The Morgan fingerprint density at radius 1 is 0.742 bits per heavy atom. The van der Waals surface area contributed by atoms with Gasteiger partial charge in [-0.05, 0) is 13.3 Å². The van der Waals surface area contributed by atoms with Crippen molar-refractivity contribution in [3.8, 4) is 0 Å². The van der Waals surface area contributed by atoms with E-state index < -0.39 is 30.7 Å². The number of rotatable bonds is 18. The Morgan fingerprint density at radius 3 is 1.77 bits per heavy atom. The Hall–Kier alpha value is -0.730. The van der Waals surface area contributed by atoms with Crippen molar-refractivity contribution in [2.45, 2.75) is 134 Å². The first-order chi connectivity index (χ1) is 15.0. The van der Waals surface area contributed by atoms with Gasteiger partial charge < -0.3 is 29.5 Å². The molecule has 0 aromatic carbocycles. The van der Waals surface area contributed by atoms with E-state index in [1.807, 2.05) is 0 Å². The summed E-state index contributed by atoms with van der Waals surface area (Å²) in [6, 6.07) is 0. The molecule has 0 radical (unpaired) electrons. The number of carbonyl (C=O) groups is 1. The van der Waals surface area contributed by atoms with Crippen molar-refractivity contribution in [3.63, 3.8) is 0 Å². The standard InChI is InChI=1S/C24H46O7/c1-3-5-6-7-8-9-10-11-12-13-14-15-16-17-20(25)30-18-19-21(26)22(27)23(28)24(31-19)29-4-2/h19,21-24,26-28H,3-18H2,1-2H3/t19-,21-,22+,23-,24-/m1/s1. The van der Waals surface area contributed by atoms with Crippen molar-refractivity contribution >= 4 is 5.97 Å². The van der Waals surface area contributed by atoms with Gasteiger partial charge in [-0.2, -0.15) is 0 Å². The fourth-order valence-corrected chi connectivity index (χ4v) is 3.89. The van der Waals surface area contributed by atoms with Crippen molar-refractivity contribution in [1.82, 2.24) is 0 Å². The molecule has 7 nitrogen and oxygen atoms in total. The molecule has 184 valence electrons. The molecule has 1 saturated heterocycles. The number of unbranched alkanes of at least 4 members (excludes halogenated alkanes) is 12. The van der Waals surface area contributed by atoms with E-state index in [1.165, 1.54) is 64.2 Å². The van der Waals surface area contributed by atoms with Crippen LogP contribution in [0.1, 0.15) is 104 Å². The van der Waals surface area contributed by atoms with E-state index in [0.29, 0.717) is 6.42 Å². The summed E-state index contributed by atoms with van der Waals surface area (Å²) in [6.45, 7) is 4.09. The maximum atomic E-state index is 11.9. The predicted octanol–water partition coefficient (Wildman–Crippen LogP) is 3.86. The lowest BCUT2D eigenvalue weighted by atomic mass is 9.99. The Labute approximate surface area is 188 Å². The van der Waals surface area contributed by atoms with Gasteiger partial charge in [-0.3, -0.25) is 4.79 Å². The summed E-state index contributed by atoms with van der Waals surface area (Å²) >= 11 is 0. The highest BCUT2D eigenvalue weighted by Crippen LogP contribution is 2.22. The molecular weight excluding hydrogens is 400 g/mol. The second kappa shape index (κ2) is 17.8. The molecule has 1 heterocycles. The Kier molecular flexibility index (Phi) is 16.2. The molecule has 0 aromatic heterocycles. The topological polar surface area (TPSA) is 105 Å². The summed E-state index contributed by atoms with van der Waals surface area (Å²) in [5, 5.41) is 29.8. The maximum absolute atomic E-state index is 11.9. The monoisotopic (exact) mass is 446 g/mol. The molecule has 5 atom stereocenters. The van der Waals surface area contributed by atoms with Crippen LogP contribution in [0.25, 0.3) is 0 Å². The molecular formula is C24H46O7. The first-order valence-electron chi connectivity index (χ1n) is 12.5. The fourth-order valence-electron chi connectivity index (χ4n) is 3.89. The normalized spacial score (nSPS) is 26.2. The number of hydrogen-bond acceptors (Lipinski definition) is 7. The summed E-state index contributed by atoms with van der Waals surface area (Å²) in [6.07, 6.45) is 10.5. The Balaban J connectivity index is 2.01. The van der Waals surface area contributed by atoms with Crippen LogP contribution in [0.4, 0.5) is 0 Å². The predicted molar refractivity (Wildman–Crippen MR) is 120 cm³/mol. The van der Waals surface area contributed by atoms with E-state index in [0.717, 1.165) is 19.3 Å². The zero-order valence-electron chi connectivity index (χ0n) is 19.7. The van der Waals surface area contributed by atoms with Gasteiger partial charge in [-0.25, -0.2) is 0 Å². The third-order valence-corrected chi connectivity index (χ3v) is 5.89. The van der Waals surface area contributed by atoms with Crippen molar-refractivity contribution in [2.75, 3.05) is 13.2 Å². The van der Waals surface area contributed by atoms with Gasteiger partial charge in [0.15, 0.2) is 6.29 Å². The number of carbonyl (C=O) groups excluding carboxylic acids is 1. The SMILES string of the molecule is CCCCCCCCCCCCCCCC(=O)OC[C@H]1O[C@@H](OCC)[C@H](O)[C@@H](O)[C@@H]1O. The van der Waals surface area contributed by atoms with Crippen molar-refractivity contribution in [1.29, 1.82) is 0 Å². The van der Waals surface area contributed by atoms with Gasteiger partial charge in [0.1, 0.15) is 31.0 Å². The zero-order valence-corrected chi connectivity index (χ0v) is 19.7. The highest BCUT2D eigenvalue weighted by atomic mass is 16.7. The van der Waals surface area contributed by atoms with Gasteiger partial charge in [0.05, 0.1) is 0 Å². The fraction of sp³-hybridized carbons (Fsp3) is 0.958. The highest BCUT2D eigenvalue weighted by Gasteiger charge is 2.44. The maximum Gasteiger partial charge on any atom is 0.305 e. The van der Waals surface area contributed by atoms with E-state index >= 15 is 0 Å². The molecule has 1 aliphatic heterocycles. The van der Waals surface area contributed by atoms with Crippen molar-refractivity contribution in [2.24, 2.45) is 0 Å². The van der Waals surface area contributed by atoms with Gasteiger partial charge in [-0.1, -0.05) is 84.0 Å². The smallest absolute Gasteiger partial charge is 0.305 e. The molecule has 0 aromatic rings.